The molecule has 23 heavy (non-hydrogen) atoms. The Balaban J connectivity index is 1.73. The Morgan fingerprint density at radius 1 is 1.00 bits per heavy atom. The third kappa shape index (κ3) is 3.97. The summed E-state index contributed by atoms with van der Waals surface area (Å²) in [4.78, 5) is 15.8. The van der Waals surface area contributed by atoms with Gasteiger partial charge in [0.05, 0.1) is 5.56 Å². The first-order chi connectivity index (χ1) is 11.1. The molecule has 4 nitrogen and oxygen atoms in total. The Labute approximate surface area is 137 Å². The van der Waals surface area contributed by atoms with E-state index in [4.69, 9.17) is 5.11 Å². The molecule has 1 N–H and O–H groups in total. The van der Waals surface area contributed by atoms with Crippen molar-refractivity contribution in [1.82, 2.24) is 9.80 Å². The summed E-state index contributed by atoms with van der Waals surface area (Å²) in [6, 6.07) is 15.6. The molecule has 0 radical (unpaired) electrons. The number of carboxylic acids is 1. The molecule has 1 aliphatic heterocycles. The minimum atomic E-state index is -0.889. The van der Waals surface area contributed by atoms with Crippen LogP contribution in [0.4, 0.5) is 0 Å². The molecule has 2 aromatic rings. The van der Waals surface area contributed by atoms with Crippen LogP contribution >= 0.6 is 0 Å². The van der Waals surface area contributed by atoms with Crippen LogP contribution in [-0.4, -0.2) is 54.1 Å². The van der Waals surface area contributed by atoms with Crippen molar-refractivity contribution in [2.45, 2.75) is 6.54 Å². The molecule has 1 aliphatic rings. The van der Waals surface area contributed by atoms with Gasteiger partial charge in [0.2, 0.25) is 0 Å². The van der Waals surface area contributed by atoms with Crippen LogP contribution in [-0.2, 0) is 6.54 Å². The summed E-state index contributed by atoms with van der Waals surface area (Å²) in [6.07, 6.45) is 0. The second-order valence-corrected chi connectivity index (χ2v) is 6.16. The van der Waals surface area contributed by atoms with E-state index in [0.717, 1.165) is 43.9 Å². The van der Waals surface area contributed by atoms with Crippen LogP contribution in [0.5, 0.6) is 0 Å². The molecule has 0 unspecified atom stereocenters. The molecular weight excluding hydrogens is 288 g/mol. The van der Waals surface area contributed by atoms with Crippen molar-refractivity contribution in [2.75, 3.05) is 33.2 Å². The first-order valence-electron chi connectivity index (χ1n) is 7.95. The Bertz CT molecular complexity index is 674. The zero-order valence-electron chi connectivity index (χ0n) is 13.4. The van der Waals surface area contributed by atoms with E-state index in [1.807, 2.05) is 12.1 Å². The number of hydrogen-bond acceptors (Lipinski definition) is 3. The maximum absolute atomic E-state index is 10.9. The van der Waals surface area contributed by atoms with Crippen molar-refractivity contribution in [3.8, 4) is 11.1 Å². The molecule has 4 heteroatoms. The molecular formula is C19H22N2O2. The molecule has 1 saturated heterocycles. The molecule has 0 spiro atoms. The van der Waals surface area contributed by atoms with Crippen LogP contribution in [0, 0.1) is 0 Å². The van der Waals surface area contributed by atoms with Gasteiger partial charge in [0.25, 0.3) is 0 Å². The number of likely N-dealkylation sites (N-methyl/N-ethyl adjacent to an activating group) is 1. The lowest BCUT2D eigenvalue weighted by molar-refractivity contribution is 0.0697. The smallest absolute Gasteiger partial charge is 0.335 e. The maximum atomic E-state index is 10.9. The topological polar surface area (TPSA) is 43.8 Å². The number of aromatic carboxylic acids is 1. The number of piperazine rings is 1. The van der Waals surface area contributed by atoms with Crippen molar-refractivity contribution < 1.29 is 9.90 Å². The van der Waals surface area contributed by atoms with Gasteiger partial charge in [-0.1, -0.05) is 30.3 Å². The fourth-order valence-corrected chi connectivity index (χ4v) is 2.92. The highest BCUT2D eigenvalue weighted by Gasteiger charge is 2.14. The van der Waals surface area contributed by atoms with Crippen molar-refractivity contribution in [1.29, 1.82) is 0 Å². The van der Waals surface area contributed by atoms with Crippen LogP contribution in [0.25, 0.3) is 11.1 Å². The highest BCUT2D eigenvalue weighted by molar-refractivity contribution is 5.88. The van der Waals surface area contributed by atoms with Crippen LogP contribution in [0.3, 0.4) is 0 Å². The third-order valence-electron chi connectivity index (χ3n) is 4.39. The van der Waals surface area contributed by atoms with Crippen molar-refractivity contribution in [3.63, 3.8) is 0 Å². The van der Waals surface area contributed by atoms with E-state index in [2.05, 4.69) is 41.1 Å². The predicted molar refractivity (Wildman–Crippen MR) is 91.6 cm³/mol. The van der Waals surface area contributed by atoms with Crippen molar-refractivity contribution in [2.24, 2.45) is 0 Å². The van der Waals surface area contributed by atoms with Gasteiger partial charge in [0, 0.05) is 32.7 Å². The van der Waals surface area contributed by atoms with E-state index >= 15 is 0 Å². The molecule has 0 saturated carbocycles. The van der Waals surface area contributed by atoms with E-state index in [-0.39, 0.29) is 0 Å². The Hall–Kier alpha value is -2.17. The molecule has 0 amide bonds. The number of benzene rings is 2. The summed E-state index contributed by atoms with van der Waals surface area (Å²) >= 11 is 0. The lowest BCUT2D eigenvalue weighted by Crippen LogP contribution is -2.43. The van der Waals surface area contributed by atoms with Crippen LogP contribution < -0.4 is 0 Å². The summed E-state index contributed by atoms with van der Waals surface area (Å²) in [5.74, 6) is -0.889. The van der Waals surface area contributed by atoms with Gasteiger partial charge in [-0.25, -0.2) is 4.79 Å². The number of carboxylic acid groups (broad SMARTS) is 1. The fourth-order valence-electron chi connectivity index (χ4n) is 2.92. The molecule has 2 aromatic carbocycles. The normalized spacial score (nSPS) is 16.4. The average Bonchev–Trinajstić information content (AvgIpc) is 2.57. The largest absolute Gasteiger partial charge is 0.478 e. The highest BCUT2D eigenvalue weighted by Crippen LogP contribution is 2.22. The quantitative estimate of drug-likeness (QED) is 0.943. The minimum Gasteiger partial charge on any atom is -0.478 e. The summed E-state index contributed by atoms with van der Waals surface area (Å²) in [6.45, 7) is 5.42. The lowest BCUT2D eigenvalue weighted by atomic mass is 10.0. The second kappa shape index (κ2) is 6.94. The number of rotatable bonds is 4. The molecule has 3 rings (SSSR count). The van der Waals surface area contributed by atoms with E-state index in [0.29, 0.717) is 5.56 Å². The fraction of sp³-hybridized carbons (Fsp3) is 0.316. The monoisotopic (exact) mass is 310 g/mol. The van der Waals surface area contributed by atoms with Gasteiger partial charge in [0.15, 0.2) is 0 Å². The van der Waals surface area contributed by atoms with Gasteiger partial charge in [-0.15, -0.1) is 0 Å². The van der Waals surface area contributed by atoms with E-state index in [9.17, 15) is 4.79 Å². The second-order valence-electron chi connectivity index (χ2n) is 6.16. The SMILES string of the molecule is CN1CCN(Cc2cccc(-c3ccc(C(=O)O)cc3)c2)CC1. The molecule has 1 fully saturated rings. The van der Waals surface area contributed by atoms with Gasteiger partial charge >= 0.3 is 5.97 Å². The van der Waals surface area contributed by atoms with E-state index in [1.165, 1.54) is 5.56 Å². The van der Waals surface area contributed by atoms with E-state index < -0.39 is 5.97 Å². The standard InChI is InChI=1S/C19H22N2O2/c1-20-9-11-21(12-10-20)14-15-3-2-4-18(13-15)16-5-7-17(8-6-16)19(22)23/h2-8,13H,9-12,14H2,1H3,(H,22,23). The van der Waals surface area contributed by atoms with Gasteiger partial charge in [-0.2, -0.15) is 0 Å². The maximum Gasteiger partial charge on any atom is 0.335 e. The van der Waals surface area contributed by atoms with Crippen molar-refractivity contribution >= 4 is 5.97 Å². The lowest BCUT2D eigenvalue weighted by Gasteiger charge is -2.32. The third-order valence-corrected chi connectivity index (χ3v) is 4.39. The summed E-state index contributed by atoms with van der Waals surface area (Å²) in [5.41, 5.74) is 3.81. The average molecular weight is 310 g/mol. The number of hydrogen-bond donors (Lipinski definition) is 1. The Morgan fingerprint density at radius 3 is 2.35 bits per heavy atom. The van der Waals surface area contributed by atoms with Gasteiger partial charge in [-0.05, 0) is 41.9 Å². The zero-order chi connectivity index (χ0) is 16.2. The molecule has 1 heterocycles. The number of carbonyl (C=O) groups is 1. The van der Waals surface area contributed by atoms with Gasteiger partial charge < -0.3 is 10.0 Å². The first-order valence-corrected chi connectivity index (χ1v) is 7.95. The summed E-state index contributed by atoms with van der Waals surface area (Å²) in [7, 11) is 2.17. The van der Waals surface area contributed by atoms with Gasteiger partial charge in [-0.3, -0.25) is 4.90 Å². The molecule has 0 bridgehead atoms. The minimum absolute atomic E-state index is 0.322. The molecule has 0 aliphatic carbocycles. The summed E-state index contributed by atoms with van der Waals surface area (Å²) < 4.78 is 0. The van der Waals surface area contributed by atoms with E-state index in [1.54, 1.807) is 12.1 Å². The van der Waals surface area contributed by atoms with Crippen molar-refractivity contribution in [3.05, 3.63) is 59.7 Å². The summed E-state index contributed by atoms with van der Waals surface area (Å²) in [5, 5.41) is 8.98. The van der Waals surface area contributed by atoms with Gasteiger partial charge in [0.1, 0.15) is 0 Å². The molecule has 120 valence electrons. The van der Waals surface area contributed by atoms with Crippen LogP contribution in [0.2, 0.25) is 0 Å². The zero-order valence-corrected chi connectivity index (χ0v) is 13.4. The Morgan fingerprint density at radius 2 is 1.70 bits per heavy atom. The highest BCUT2D eigenvalue weighted by atomic mass is 16.4. The number of nitrogens with zero attached hydrogens (tertiary/aromatic N) is 2. The predicted octanol–water partition coefficient (Wildman–Crippen LogP) is 2.80. The Kier molecular flexibility index (Phi) is 4.74. The van der Waals surface area contributed by atoms with Crippen LogP contribution in [0.1, 0.15) is 15.9 Å². The van der Waals surface area contributed by atoms with Crippen LogP contribution in [0.15, 0.2) is 48.5 Å². The molecule has 0 atom stereocenters. The first kappa shape index (κ1) is 15.7. The molecule has 0 aromatic heterocycles.